The lowest BCUT2D eigenvalue weighted by atomic mass is 9.66. The van der Waals surface area contributed by atoms with E-state index in [0.29, 0.717) is 5.56 Å². The smallest absolute Gasteiger partial charge is 0.258 e. The van der Waals surface area contributed by atoms with Gasteiger partial charge in [-0.05, 0) is 30.7 Å². The van der Waals surface area contributed by atoms with Crippen LogP contribution in [0.25, 0.3) is 0 Å². The largest absolute Gasteiger partial charge is 0.328 e. The van der Waals surface area contributed by atoms with Gasteiger partial charge in [-0.15, -0.1) is 0 Å². The van der Waals surface area contributed by atoms with E-state index < -0.39 is 10.3 Å². The lowest BCUT2D eigenvalue weighted by Crippen LogP contribution is -2.32. The van der Waals surface area contributed by atoms with Crippen molar-refractivity contribution in [2.24, 2.45) is 0 Å². The Labute approximate surface area is 84.9 Å². The van der Waals surface area contributed by atoms with Crippen molar-refractivity contribution in [2.75, 3.05) is 0 Å². The Morgan fingerprint density at radius 2 is 2.36 bits per heavy atom. The molecule has 4 nitrogen and oxygen atoms in total. The van der Waals surface area contributed by atoms with Gasteiger partial charge in [0, 0.05) is 0 Å². The van der Waals surface area contributed by atoms with Crippen LogP contribution >= 0.6 is 11.3 Å². The first-order valence-corrected chi connectivity index (χ1v) is 5.21. The van der Waals surface area contributed by atoms with Gasteiger partial charge >= 0.3 is 5.00 Å². The Hall–Kier alpha value is -1.41. The summed E-state index contributed by atoms with van der Waals surface area (Å²) in [7, 11) is 0. The average molecular weight is 208 g/mol. The van der Waals surface area contributed by atoms with Crippen LogP contribution in [0, 0.1) is 21.4 Å². The highest BCUT2D eigenvalue weighted by molar-refractivity contribution is 7.13. The van der Waals surface area contributed by atoms with Crippen molar-refractivity contribution in [3.05, 3.63) is 27.1 Å². The van der Waals surface area contributed by atoms with E-state index in [4.69, 9.17) is 5.26 Å². The number of hydrogen-bond donors (Lipinski definition) is 0. The minimum atomic E-state index is -0.567. The number of nitrogens with zero attached hydrogens (tertiary/aromatic N) is 2. The second-order valence-corrected chi connectivity index (χ2v) is 4.34. The zero-order valence-corrected chi connectivity index (χ0v) is 8.21. The summed E-state index contributed by atoms with van der Waals surface area (Å²) in [6.07, 6.45) is 2.49. The summed E-state index contributed by atoms with van der Waals surface area (Å²) in [6.45, 7) is 0. The molecule has 72 valence electrons. The molecule has 1 fully saturated rings. The van der Waals surface area contributed by atoms with Crippen molar-refractivity contribution in [3.8, 4) is 6.07 Å². The van der Waals surface area contributed by atoms with E-state index in [-0.39, 0.29) is 5.00 Å². The van der Waals surface area contributed by atoms with Crippen molar-refractivity contribution in [1.29, 1.82) is 5.26 Å². The lowest BCUT2D eigenvalue weighted by Gasteiger charge is -2.33. The van der Waals surface area contributed by atoms with Gasteiger partial charge in [-0.25, -0.2) is 0 Å². The van der Waals surface area contributed by atoms with E-state index in [1.807, 2.05) is 0 Å². The van der Waals surface area contributed by atoms with Crippen LogP contribution < -0.4 is 0 Å². The third kappa shape index (κ3) is 1.11. The highest BCUT2D eigenvalue weighted by atomic mass is 32.1. The van der Waals surface area contributed by atoms with E-state index in [0.717, 1.165) is 30.6 Å². The first-order chi connectivity index (χ1) is 6.69. The Morgan fingerprint density at radius 1 is 1.64 bits per heavy atom. The SMILES string of the molecule is N#CC1(c2ccsc2[N+](=O)[O-])CCC1. The second-order valence-electron chi connectivity index (χ2n) is 3.44. The van der Waals surface area contributed by atoms with Gasteiger partial charge < -0.3 is 0 Å². The van der Waals surface area contributed by atoms with Gasteiger partial charge in [0.25, 0.3) is 0 Å². The summed E-state index contributed by atoms with van der Waals surface area (Å²) < 4.78 is 0. The summed E-state index contributed by atoms with van der Waals surface area (Å²) in [6, 6.07) is 3.93. The molecule has 5 heteroatoms. The van der Waals surface area contributed by atoms with Gasteiger partial charge in [-0.1, -0.05) is 11.3 Å². The Balaban J connectivity index is 2.46. The molecule has 0 bridgehead atoms. The van der Waals surface area contributed by atoms with Crippen LogP contribution in [0.5, 0.6) is 0 Å². The molecule has 1 aliphatic rings. The number of nitro groups is 1. The van der Waals surface area contributed by atoms with E-state index in [1.165, 1.54) is 0 Å². The monoisotopic (exact) mass is 208 g/mol. The summed E-state index contributed by atoms with van der Waals surface area (Å²) in [4.78, 5) is 10.3. The van der Waals surface area contributed by atoms with Crippen molar-refractivity contribution in [1.82, 2.24) is 0 Å². The van der Waals surface area contributed by atoms with Crippen LogP contribution in [0.3, 0.4) is 0 Å². The summed E-state index contributed by atoms with van der Waals surface area (Å²) in [5, 5.41) is 21.6. The fourth-order valence-corrected chi connectivity index (χ4v) is 2.59. The van der Waals surface area contributed by atoms with Crippen molar-refractivity contribution in [3.63, 3.8) is 0 Å². The lowest BCUT2D eigenvalue weighted by molar-refractivity contribution is -0.381. The van der Waals surface area contributed by atoms with Gasteiger partial charge in [0.2, 0.25) is 0 Å². The zero-order chi connectivity index (χ0) is 10.2. The zero-order valence-electron chi connectivity index (χ0n) is 7.40. The normalized spacial score (nSPS) is 18.2. The van der Waals surface area contributed by atoms with Crippen LogP contribution in [0.2, 0.25) is 0 Å². The van der Waals surface area contributed by atoms with Crippen LogP contribution in [-0.2, 0) is 5.41 Å². The molecule has 0 radical (unpaired) electrons. The summed E-state index contributed by atoms with van der Waals surface area (Å²) >= 11 is 1.10. The Bertz CT molecular complexity index is 415. The maximum atomic E-state index is 10.7. The molecule has 14 heavy (non-hydrogen) atoms. The highest BCUT2D eigenvalue weighted by Crippen LogP contribution is 2.48. The van der Waals surface area contributed by atoms with Gasteiger partial charge in [0.15, 0.2) is 0 Å². The number of thiophene rings is 1. The van der Waals surface area contributed by atoms with Gasteiger partial charge in [-0.2, -0.15) is 5.26 Å². The van der Waals surface area contributed by atoms with Crippen molar-refractivity contribution in [2.45, 2.75) is 24.7 Å². The van der Waals surface area contributed by atoms with Gasteiger partial charge in [-0.3, -0.25) is 10.1 Å². The summed E-state index contributed by atoms with van der Waals surface area (Å²) in [5.41, 5.74) is 0.0452. The molecular formula is C9H8N2O2S. The number of hydrogen-bond acceptors (Lipinski definition) is 4. The molecule has 0 saturated heterocycles. The molecule has 0 amide bonds. The molecule has 0 spiro atoms. The third-order valence-corrected chi connectivity index (χ3v) is 3.61. The third-order valence-electron chi connectivity index (χ3n) is 2.75. The molecule has 0 aromatic carbocycles. The van der Waals surface area contributed by atoms with E-state index in [9.17, 15) is 10.1 Å². The maximum absolute atomic E-state index is 10.7. The van der Waals surface area contributed by atoms with Crippen LogP contribution in [0.1, 0.15) is 24.8 Å². The standard InChI is InChI=1S/C9H8N2O2S/c10-6-9(3-1-4-9)7-2-5-14-8(7)11(12)13/h2,5H,1,3-4H2. The molecule has 1 aromatic rings. The number of nitriles is 1. The fourth-order valence-electron chi connectivity index (χ4n) is 1.78. The van der Waals surface area contributed by atoms with E-state index >= 15 is 0 Å². The predicted octanol–water partition coefficient (Wildman–Crippen LogP) is 2.60. The molecule has 0 aliphatic heterocycles. The maximum Gasteiger partial charge on any atom is 0.328 e. The van der Waals surface area contributed by atoms with E-state index in [1.54, 1.807) is 11.4 Å². The van der Waals surface area contributed by atoms with Crippen molar-refractivity contribution >= 4 is 16.3 Å². The van der Waals surface area contributed by atoms with Crippen LogP contribution in [0.15, 0.2) is 11.4 Å². The first-order valence-electron chi connectivity index (χ1n) is 4.33. The molecule has 1 saturated carbocycles. The number of rotatable bonds is 2. The van der Waals surface area contributed by atoms with Gasteiger partial charge in [0.05, 0.1) is 22.0 Å². The van der Waals surface area contributed by atoms with Gasteiger partial charge in [0.1, 0.15) is 0 Å². The molecule has 1 aliphatic carbocycles. The molecule has 0 atom stereocenters. The minimum Gasteiger partial charge on any atom is -0.258 e. The van der Waals surface area contributed by atoms with Crippen molar-refractivity contribution < 1.29 is 4.92 Å². The fraction of sp³-hybridized carbons (Fsp3) is 0.444. The molecule has 0 unspecified atom stereocenters. The topological polar surface area (TPSA) is 66.9 Å². The quantitative estimate of drug-likeness (QED) is 0.554. The Morgan fingerprint density at radius 3 is 2.79 bits per heavy atom. The Kier molecular flexibility index (Phi) is 2.01. The molecular weight excluding hydrogens is 200 g/mol. The molecule has 2 rings (SSSR count). The molecule has 1 aromatic heterocycles. The average Bonchev–Trinajstić information content (AvgIpc) is 2.52. The van der Waals surface area contributed by atoms with Crippen LogP contribution in [0.4, 0.5) is 5.00 Å². The highest BCUT2D eigenvalue weighted by Gasteiger charge is 2.44. The molecule has 1 heterocycles. The first kappa shape index (κ1) is 9.16. The molecule has 0 N–H and O–H groups in total. The van der Waals surface area contributed by atoms with E-state index in [2.05, 4.69) is 6.07 Å². The summed E-state index contributed by atoms with van der Waals surface area (Å²) in [5.74, 6) is 0. The second kappa shape index (κ2) is 3.07. The minimum absolute atomic E-state index is 0.131. The van der Waals surface area contributed by atoms with Crippen LogP contribution in [-0.4, -0.2) is 4.92 Å². The predicted molar refractivity (Wildman–Crippen MR) is 52.1 cm³/mol.